The number of hydrogen-bond acceptors (Lipinski definition) is 4. The molecule has 6 heteroatoms. The quantitative estimate of drug-likeness (QED) is 0.140. The van der Waals surface area contributed by atoms with Crippen LogP contribution in [0.3, 0.4) is 0 Å². The summed E-state index contributed by atoms with van der Waals surface area (Å²) in [5, 5.41) is 7.62. The molecule has 0 unspecified atom stereocenters. The summed E-state index contributed by atoms with van der Waals surface area (Å²) in [6.45, 7) is 11.3. The van der Waals surface area contributed by atoms with E-state index in [-0.39, 0.29) is 0 Å². The molecule has 0 saturated heterocycles. The summed E-state index contributed by atoms with van der Waals surface area (Å²) in [6, 6.07) is 25.1. The van der Waals surface area contributed by atoms with Crippen LogP contribution in [-0.4, -0.2) is 26.4 Å². The Morgan fingerprint density at radius 1 is 0.812 bits per heavy atom. The van der Waals surface area contributed by atoms with Gasteiger partial charge in [-0.15, -0.1) is 0 Å². The predicted molar refractivity (Wildman–Crippen MR) is 196 cm³/mol. The molecule has 3 heterocycles. The summed E-state index contributed by atoms with van der Waals surface area (Å²) < 4.78 is 16.6. The Hall–Kier alpha value is -4.84. The van der Waals surface area contributed by atoms with Gasteiger partial charge in [-0.05, 0) is 86.9 Å². The van der Waals surface area contributed by atoms with E-state index in [1.165, 1.54) is 41.6 Å². The predicted octanol–water partition coefficient (Wildman–Crippen LogP) is 10.8. The number of rotatable bonds is 10. The molecule has 0 amide bonds. The number of allylic oxidation sites excluding steroid dienone is 2. The van der Waals surface area contributed by atoms with Crippen molar-refractivity contribution in [3.63, 3.8) is 0 Å². The van der Waals surface area contributed by atoms with E-state index in [1.54, 1.807) is 18.9 Å². The largest absolute Gasteiger partial charge is 0.497 e. The number of aryl methyl sites for hydroxylation is 2. The number of nitrogens with zero attached hydrogens (tertiary/aromatic N) is 4. The highest BCUT2D eigenvalue weighted by molar-refractivity contribution is 6.09. The van der Waals surface area contributed by atoms with E-state index in [9.17, 15) is 0 Å². The highest BCUT2D eigenvalue weighted by Gasteiger charge is 2.33. The van der Waals surface area contributed by atoms with E-state index < -0.39 is 0 Å². The van der Waals surface area contributed by atoms with Crippen molar-refractivity contribution in [2.45, 2.75) is 79.1 Å². The lowest BCUT2D eigenvalue weighted by Gasteiger charge is -2.33. The van der Waals surface area contributed by atoms with Crippen LogP contribution in [-0.2, 0) is 12.8 Å². The van der Waals surface area contributed by atoms with Gasteiger partial charge in [0.05, 0.1) is 29.5 Å². The second-order valence-electron chi connectivity index (χ2n) is 13.0. The Morgan fingerprint density at radius 2 is 1.65 bits per heavy atom. The molecule has 0 N–H and O–H groups in total. The van der Waals surface area contributed by atoms with Crippen molar-refractivity contribution in [1.82, 2.24) is 19.3 Å². The Balaban J connectivity index is 1.31. The Labute approximate surface area is 284 Å². The van der Waals surface area contributed by atoms with Crippen LogP contribution in [0.1, 0.15) is 81.8 Å². The fourth-order valence-electron chi connectivity index (χ4n) is 7.95. The fraction of sp³-hybridized carbons (Fsp3) is 0.333. The molecule has 6 nitrogen and oxygen atoms in total. The van der Waals surface area contributed by atoms with Crippen LogP contribution in [0, 0.1) is 12.8 Å². The number of methoxy groups -OCH3 is 1. The van der Waals surface area contributed by atoms with Gasteiger partial charge in [-0.25, -0.2) is 9.67 Å². The van der Waals surface area contributed by atoms with Crippen LogP contribution in [0.4, 0.5) is 0 Å². The molecule has 3 aromatic carbocycles. The molecular weight excluding hydrogens is 592 g/mol. The molecule has 0 bridgehead atoms. The molecule has 1 aliphatic rings. The van der Waals surface area contributed by atoms with E-state index in [0.717, 1.165) is 70.0 Å². The van der Waals surface area contributed by atoms with Crippen molar-refractivity contribution in [2.24, 2.45) is 5.92 Å². The normalized spacial score (nSPS) is 16.4. The van der Waals surface area contributed by atoms with Crippen molar-refractivity contribution in [1.29, 1.82) is 0 Å². The molecule has 0 fully saturated rings. The SMILES string of the molecule is CCC1=CCC[C@H](CC)[C@@H]1c1c(CC)nn(-c2cc(C)cc(Oc3ccc4c5ccccc5n(-c5cc(OC)ccn5)c4c3)c2)c1CC. The first kappa shape index (κ1) is 31.7. The van der Waals surface area contributed by atoms with E-state index in [2.05, 4.69) is 111 Å². The summed E-state index contributed by atoms with van der Waals surface area (Å²) in [4.78, 5) is 4.72. The number of para-hydroxylation sites is 1. The highest BCUT2D eigenvalue weighted by atomic mass is 16.5. The van der Waals surface area contributed by atoms with Crippen LogP contribution in [0.5, 0.6) is 17.2 Å². The maximum atomic E-state index is 6.67. The van der Waals surface area contributed by atoms with Crippen molar-refractivity contribution in [2.75, 3.05) is 7.11 Å². The first-order chi connectivity index (χ1) is 23.5. The second kappa shape index (κ2) is 13.3. The van der Waals surface area contributed by atoms with Crippen LogP contribution in [0.25, 0.3) is 33.3 Å². The molecule has 246 valence electrons. The minimum absolute atomic E-state index is 0.450. The molecule has 6 aromatic rings. The molecule has 1 aliphatic carbocycles. The first-order valence-corrected chi connectivity index (χ1v) is 17.6. The Morgan fingerprint density at radius 3 is 2.42 bits per heavy atom. The number of benzene rings is 3. The minimum atomic E-state index is 0.450. The van der Waals surface area contributed by atoms with E-state index in [4.69, 9.17) is 19.6 Å². The summed E-state index contributed by atoms with van der Waals surface area (Å²) >= 11 is 0. The van der Waals surface area contributed by atoms with Gasteiger partial charge in [-0.1, -0.05) is 64.0 Å². The van der Waals surface area contributed by atoms with Crippen LogP contribution >= 0.6 is 0 Å². The van der Waals surface area contributed by atoms with E-state index in [0.29, 0.717) is 11.8 Å². The van der Waals surface area contributed by atoms with Crippen molar-refractivity contribution in [3.05, 3.63) is 113 Å². The molecule has 3 aromatic heterocycles. The molecule has 0 spiro atoms. The van der Waals surface area contributed by atoms with Gasteiger partial charge >= 0.3 is 0 Å². The van der Waals surface area contributed by atoms with Gasteiger partial charge in [0, 0.05) is 52.3 Å². The second-order valence-corrected chi connectivity index (χ2v) is 13.0. The lowest BCUT2D eigenvalue weighted by atomic mass is 9.71. The third-order valence-electron chi connectivity index (χ3n) is 10.2. The van der Waals surface area contributed by atoms with Crippen LogP contribution in [0.15, 0.2) is 90.6 Å². The summed E-state index contributed by atoms with van der Waals surface area (Å²) in [5.74, 6) is 4.23. The molecule has 2 atom stereocenters. The summed E-state index contributed by atoms with van der Waals surface area (Å²) in [6.07, 6.45) is 10.9. The molecular formula is C42H46N4O2. The monoisotopic (exact) mass is 638 g/mol. The van der Waals surface area contributed by atoms with Crippen molar-refractivity contribution >= 4 is 21.8 Å². The van der Waals surface area contributed by atoms with Gasteiger partial charge < -0.3 is 9.47 Å². The molecule has 7 rings (SSSR count). The van der Waals surface area contributed by atoms with Crippen LogP contribution < -0.4 is 9.47 Å². The number of hydrogen-bond donors (Lipinski definition) is 0. The number of aromatic nitrogens is 4. The van der Waals surface area contributed by atoms with Crippen molar-refractivity contribution < 1.29 is 9.47 Å². The number of ether oxygens (including phenoxy) is 2. The third kappa shape index (κ3) is 5.57. The van der Waals surface area contributed by atoms with Gasteiger partial charge in [0.2, 0.25) is 0 Å². The topological polar surface area (TPSA) is 54.1 Å². The first-order valence-electron chi connectivity index (χ1n) is 17.6. The standard InChI is InChI=1S/C42H46N4O2/c1-7-28-14-13-15-29(8-2)41(28)42-36(9-3)44-46(37(42)10-4)30-22-27(5)23-33(24-30)48-32-18-19-35-34-16-11-12-17-38(34)45(39(35)25-32)40-26-31(47-6)20-21-43-40/h11-12,14,16-26,29,41H,7-10,13,15H2,1-6H3/t29-,41+/m0/s1. The van der Waals surface area contributed by atoms with E-state index in [1.807, 2.05) is 12.1 Å². The molecule has 0 saturated carbocycles. The maximum absolute atomic E-state index is 6.67. The van der Waals surface area contributed by atoms with Gasteiger partial charge in [-0.3, -0.25) is 4.57 Å². The fourth-order valence-corrected chi connectivity index (χ4v) is 7.95. The smallest absolute Gasteiger partial charge is 0.141 e. The van der Waals surface area contributed by atoms with E-state index >= 15 is 0 Å². The van der Waals surface area contributed by atoms with Crippen LogP contribution in [0.2, 0.25) is 0 Å². The third-order valence-corrected chi connectivity index (χ3v) is 10.2. The number of pyridine rings is 1. The highest BCUT2D eigenvalue weighted by Crippen LogP contribution is 2.45. The zero-order valence-corrected chi connectivity index (χ0v) is 29.1. The average molecular weight is 639 g/mol. The maximum Gasteiger partial charge on any atom is 0.141 e. The van der Waals surface area contributed by atoms with Gasteiger partial charge in [0.15, 0.2) is 0 Å². The van der Waals surface area contributed by atoms with Gasteiger partial charge in [-0.2, -0.15) is 5.10 Å². The minimum Gasteiger partial charge on any atom is -0.497 e. The lowest BCUT2D eigenvalue weighted by Crippen LogP contribution is -2.20. The Bertz CT molecular complexity index is 2140. The zero-order chi connectivity index (χ0) is 33.4. The van der Waals surface area contributed by atoms with Gasteiger partial charge in [0.1, 0.15) is 23.1 Å². The Kier molecular flexibility index (Phi) is 8.83. The van der Waals surface area contributed by atoms with Gasteiger partial charge in [0.25, 0.3) is 0 Å². The summed E-state index contributed by atoms with van der Waals surface area (Å²) in [5.41, 5.74) is 9.89. The molecule has 0 aliphatic heterocycles. The average Bonchev–Trinajstić information content (AvgIpc) is 3.66. The lowest BCUT2D eigenvalue weighted by molar-refractivity contribution is 0.392. The summed E-state index contributed by atoms with van der Waals surface area (Å²) in [7, 11) is 1.68. The molecule has 48 heavy (non-hydrogen) atoms. The van der Waals surface area contributed by atoms with Crippen molar-refractivity contribution in [3.8, 4) is 28.8 Å². The zero-order valence-electron chi connectivity index (χ0n) is 29.1. The number of fused-ring (bicyclic) bond motifs is 3. The molecule has 0 radical (unpaired) electrons.